The number of unbranched alkanes of at least 4 members (excludes halogenated alkanes) is 2. The van der Waals surface area contributed by atoms with Crippen LogP contribution in [0.5, 0.6) is 5.75 Å². The molecule has 43 heavy (non-hydrogen) atoms. The Balaban J connectivity index is 2.02. The van der Waals surface area contributed by atoms with E-state index in [2.05, 4.69) is 24.5 Å². The van der Waals surface area contributed by atoms with Gasteiger partial charge in [0.05, 0.1) is 0 Å². The number of aromatic hydroxyl groups is 1. The summed E-state index contributed by atoms with van der Waals surface area (Å²) in [5, 5.41) is 15.9. The second-order valence-corrected chi connectivity index (χ2v) is 12.6. The average Bonchev–Trinajstić information content (AvgIpc) is 2.97. The second-order valence-electron chi connectivity index (χ2n) is 12.6. The molecule has 3 N–H and O–H groups in total. The Morgan fingerprint density at radius 1 is 0.930 bits per heavy atom. The highest BCUT2D eigenvalue weighted by Gasteiger charge is 2.37. The number of phenolic OH excluding ortho intramolecular Hbond substituents is 1. The first kappa shape index (κ1) is 33.9. The number of alkyl carbamates (subject to hydrolysis) is 1. The Morgan fingerprint density at radius 3 is 2.14 bits per heavy atom. The van der Waals surface area contributed by atoms with E-state index >= 15 is 0 Å². The SMILES string of the molecule is CCCCCN(C(=O)C(Cc1ccc(O)cc1)NC(=O)OC(C)(C)C)C(C(=O)NC1CCCCC1)c1ccc(CC)cc1. The minimum Gasteiger partial charge on any atom is -0.508 e. The van der Waals surface area contributed by atoms with Gasteiger partial charge in [-0.05, 0) is 75.3 Å². The molecule has 0 heterocycles. The van der Waals surface area contributed by atoms with Crippen LogP contribution in [0.25, 0.3) is 0 Å². The summed E-state index contributed by atoms with van der Waals surface area (Å²) in [6, 6.07) is 12.7. The Labute approximate surface area is 257 Å². The topological polar surface area (TPSA) is 108 Å². The molecule has 2 atom stereocenters. The molecule has 0 saturated heterocycles. The van der Waals surface area contributed by atoms with Crippen LogP contribution >= 0.6 is 0 Å². The van der Waals surface area contributed by atoms with Gasteiger partial charge < -0.3 is 25.4 Å². The van der Waals surface area contributed by atoms with E-state index in [9.17, 15) is 19.5 Å². The number of rotatable bonds is 13. The third kappa shape index (κ3) is 10.9. The van der Waals surface area contributed by atoms with Crippen molar-refractivity contribution >= 4 is 17.9 Å². The molecule has 0 aromatic heterocycles. The lowest BCUT2D eigenvalue weighted by atomic mass is 9.94. The molecule has 1 fully saturated rings. The molecule has 3 rings (SSSR count). The minimum atomic E-state index is -0.985. The Kier molecular flexibility index (Phi) is 12.9. The molecule has 3 amide bonds. The molecule has 1 aliphatic carbocycles. The van der Waals surface area contributed by atoms with Crippen molar-refractivity contribution in [2.75, 3.05) is 6.54 Å². The molecule has 1 saturated carbocycles. The van der Waals surface area contributed by atoms with Crippen LogP contribution < -0.4 is 10.6 Å². The van der Waals surface area contributed by atoms with E-state index in [1.165, 1.54) is 6.42 Å². The molecule has 0 aliphatic heterocycles. The van der Waals surface area contributed by atoms with Gasteiger partial charge in [0.15, 0.2) is 0 Å². The monoisotopic (exact) mass is 593 g/mol. The smallest absolute Gasteiger partial charge is 0.408 e. The molecule has 0 radical (unpaired) electrons. The molecule has 0 spiro atoms. The van der Waals surface area contributed by atoms with Crippen molar-refractivity contribution in [1.29, 1.82) is 0 Å². The van der Waals surface area contributed by atoms with Crippen molar-refractivity contribution in [3.63, 3.8) is 0 Å². The zero-order valence-electron chi connectivity index (χ0n) is 26.7. The lowest BCUT2D eigenvalue weighted by molar-refractivity contribution is -0.143. The predicted molar refractivity (Wildman–Crippen MR) is 170 cm³/mol. The van der Waals surface area contributed by atoms with Crippen molar-refractivity contribution in [3.8, 4) is 5.75 Å². The van der Waals surface area contributed by atoms with Crippen LogP contribution in [-0.4, -0.2) is 52.1 Å². The van der Waals surface area contributed by atoms with E-state index in [1.54, 1.807) is 49.9 Å². The lowest BCUT2D eigenvalue weighted by Gasteiger charge is -2.36. The van der Waals surface area contributed by atoms with Crippen molar-refractivity contribution < 1.29 is 24.2 Å². The van der Waals surface area contributed by atoms with Crippen molar-refractivity contribution in [2.45, 2.75) is 123 Å². The van der Waals surface area contributed by atoms with E-state index < -0.39 is 23.8 Å². The highest BCUT2D eigenvalue weighted by Crippen LogP contribution is 2.27. The first-order valence-corrected chi connectivity index (χ1v) is 16.0. The molecule has 236 valence electrons. The van der Waals surface area contributed by atoms with Gasteiger partial charge >= 0.3 is 6.09 Å². The fourth-order valence-corrected chi connectivity index (χ4v) is 5.55. The fraction of sp³-hybridized carbons (Fsp3) is 0.571. The Morgan fingerprint density at radius 2 is 1.56 bits per heavy atom. The third-order valence-corrected chi connectivity index (χ3v) is 7.87. The summed E-state index contributed by atoms with van der Waals surface area (Å²) < 4.78 is 5.53. The van der Waals surface area contributed by atoms with Gasteiger partial charge in [-0.1, -0.05) is 82.3 Å². The summed E-state index contributed by atoms with van der Waals surface area (Å²) in [4.78, 5) is 43.3. The standard InChI is InChI=1S/C35H51N3O5/c1-6-8-12-23-38(31(27-19-15-25(7-2)16-20-27)32(40)36-28-13-10-9-11-14-28)33(41)30(37-34(42)43-35(3,4)5)24-26-17-21-29(39)22-18-26/h15-22,28,30-31,39H,6-14,23-24H2,1-5H3,(H,36,40)(H,37,42). The van der Waals surface area contributed by atoms with Crippen molar-refractivity contribution in [1.82, 2.24) is 15.5 Å². The second kappa shape index (κ2) is 16.3. The maximum atomic E-state index is 14.6. The summed E-state index contributed by atoms with van der Waals surface area (Å²) >= 11 is 0. The van der Waals surface area contributed by atoms with Gasteiger partial charge in [0, 0.05) is 19.0 Å². The van der Waals surface area contributed by atoms with Gasteiger partial charge in [-0.3, -0.25) is 9.59 Å². The Hall–Kier alpha value is -3.55. The quantitative estimate of drug-likeness (QED) is 0.227. The maximum absolute atomic E-state index is 14.6. The van der Waals surface area contributed by atoms with Gasteiger partial charge in [0.25, 0.3) is 0 Å². The number of nitrogens with one attached hydrogen (secondary N) is 2. The average molecular weight is 594 g/mol. The van der Waals surface area contributed by atoms with Gasteiger partial charge in [0.1, 0.15) is 23.4 Å². The number of amides is 3. The summed E-state index contributed by atoms with van der Waals surface area (Å²) in [5.41, 5.74) is 1.91. The highest BCUT2D eigenvalue weighted by atomic mass is 16.6. The number of hydrogen-bond donors (Lipinski definition) is 3. The van der Waals surface area contributed by atoms with E-state index in [1.807, 2.05) is 24.3 Å². The number of hydrogen-bond acceptors (Lipinski definition) is 5. The van der Waals surface area contributed by atoms with E-state index in [4.69, 9.17) is 4.74 Å². The molecule has 1 aliphatic rings. The van der Waals surface area contributed by atoms with Gasteiger partial charge in [-0.15, -0.1) is 0 Å². The number of phenols is 1. The van der Waals surface area contributed by atoms with Crippen LogP contribution in [-0.2, 0) is 27.2 Å². The van der Waals surface area contributed by atoms with Crippen molar-refractivity contribution in [2.24, 2.45) is 0 Å². The van der Waals surface area contributed by atoms with Crippen LogP contribution in [0.3, 0.4) is 0 Å². The van der Waals surface area contributed by atoms with Crippen LogP contribution in [0.2, 0.25) is 0 Å². The van der Waals surface area contributed by atoms with Crippen LogP contribution in [0, 0.1) is 0 Å². The summed E-state index contributed by atoms with van der Waals surface area (Å²) in [5.74, 6) is -0.428. The molecule has 8 heteroatoms. The first-order chi connectivity index (χ1) is 20.5. The number of ether oxygens (including phenoxy) is 1. The summed E-state index contributed by atoms with van der Waals surface area (Å²) in [6.07, 6.45) is 8.11. The number of aryl methyl sites for hydroxylation is 1. The van der Waals surface area contributed by atoms with Gasteiger partial charge in [0.2, 0.25) is 11.8 Å². The molecule has 2 unspecified atom stereocenters. The van der Waals surface area contributed by atoms with Crippen LogP contribution in [0.15, 0.2) is 48.5 Å². The number of benzene rings is 2. The molecular formula is C35H51N3O5. The zero-order chi connectivity index (χ0) is 31.4. The third-order valence-electron chi connectivity index (χ3n) is 7.87. The first-order valence-electron chi connectivity index (χ1n) is 16.0. The highest BCUT2D eigenvalue weighted by molar-refractivity contribution is 5.92. The van der Waals surface area contributed by atoms with Crippen molar-refractivity contribution in [3.05, 3.63) is 65.2 Å². The molecule has 8 nitrogen and oxygen atoms in total. The number of carbonyl (C=O) groups is 3. The normalized spacial score (nSPS) is 15.3. The zero-order valence-corrected chi connectivity index (χ0v) is 26.7. The lowest BCUT2D eigenvalue weighted by Crippen LogP contribution is -2.54. The summed E-state index contributed by atoms with van der Waals surface area (Å²) in [6.45, 7) is 9.86. The number of carbonyl (C=O) groups excluding carboxylic acids is 3. The summed E-state index contributed by atoms with van der Waals surface area (Å²) in [7, 11) is 0. The largest absolute Gasteiger partial charge is 0.508 e. The van der Waals surface area contributed by atoms with Crippen LogP contribution in [0.1, 0.15) is 109 Å². The maximum Gasteiger partial charge on any atom is 0.408 e. The Bertz CT molecular complexity index is 1170. The van der Waals surface area contributed by atoms with E-state index in [0.717, 1.165) is 68.1 Å². The molecule has 0 bridgehead atoms. The minimum absolute atomic E-state index is 0.0824. The van der Waals surface area contributed by atoms with E-state index in [-0.39, 0.29) is 30.0 Å². The fourth-order valence-electron chi connectivity index (χ4n) is 5.55. The molecule has 2 aromatic rings. The predicted octanol–water partition coefficient (Wildman–Crippen LogP) is 6.60. The molecular weight excluding hydrogens is 542 g/mol. The molecule has 2 aromatic carbocycles. The number of nitrogens with zero attached hydrogens (tertiary/aromatic N) is 1. The van der Waals surface area contributed by atoms with Gasteiger partial charge in [-0.2, -0.15) is 0 Å². The van der Waals surface area contributed by atoms with E-state index in [0.29, 0.717) is 6.54 Å². The van der Waals surface area contributed by atoms with Gasteiger partial charge in [-0.25, -0.2) is 4.79 Å². The van der Waals surface area contributed by atoms with Crippen LogP contribution in [0.4, 0.5) is 4.79 Å².